The number of carboxylic acid groups (broad SMARTS) is 1. The van der Waals surface area contributed by atoms with E-state index in [1.165, 1.54) is 0 Å². The second-order valence-electron chi connectivity index (χ2n) is 7.09. The number of rotatable bonds is 8. The number of likely N-dealkylation sites (tertiary alicyclic amines) is 1. The maximum atomic E-state index is 12.7. The van der Waals surface area contributed by atoms with Crippen molar-refractivity contribution in [1.82, 2.24) is 10.2 Å². The van der Waals surface area contributed by atoms with Crippen LogP contribution in [0.4, 0.5) is 0 Å². The molecule has 7 nitrogen and oxygen atoms in total. The van der Waals surface area contributed by atoms with Crippen molar-refractivity contribution >= 4 is 17.8 Å². The first-order chi connectivity index (χ1) is 14.0. The average molecular weight is 396 g/mol. The molecule has 7 heteroatoms. The SMILES string of the molecule is COc1ccc(CN2C[C@@H](C(=O)N[C@@H](CC(=O)O)c3ccccc3)CC2=O)cc1. The summed E-state index contributed by atoms with van der Waals surface area (Å²) in [6, 6.07) is 15.8. The van der Waals surface area contributed by atoms with Gasteiger partial charge in [-0.3, -0.25) is 14.4 Å². The van der Waals surface area contributed by atoms with Crippen LogP contribution in [-0.4, -0.2) is 41.4 Å². The number of carbonyl (C=O) groups is 3. The van der Waals surface area contributed by atoms with E-state index in [0.717, 1.165) is 16.9 Å². The van der Waals surface area contributed by atoms with Gasteiger partial charge in [0.2, 0.25) is 11.8 Å². The molecule has 2 aromatic carbocycles. The van der Waals surface area contributed by atoms with Crippen LogP contribution in [0.2, 0.25) is 0 Å². The molecule has 1 aliphatic rings. The highest BCUT2D eigenvalue weighted by atomic mass is 16.5. The van der Waals surface area contributed by atoms with Crippen molar-refractivity contribution in [3.8, 4) is 5.75 Å². The Labute approximate surface area is 169 Å². The van der Waals surface area contributed by atoms with Gasteiger partial charge < -0.3 is 20.1 Å². The molecule has 2 aromatic rings. The first-order valence-corrected chi connectivity index (χ1v) is 9.44. The van der Waals surface area contributed by atoms with Gasteiger partial charge in [-0.2, -0.15) is 0 Å². The van der Waals surface area contributed by atoms with Crippen molar-refractivity contribution in [3.05, 3.63) is 65.7 Å². The first kappa shape index (κ1) is 20.4. The summed E-state index contributed by atoms with van der Waals surface area (Å²) in [7, 11) is 1.59. The number of aliphatic carboxylic acids is 1. The van der Waals surface area contributed by atoms with Gasteiger partial charge in [0, 0.05) is 19.5 Å². The number of ether oxygens (including phenoxy) is 1. The molecule has 1 fully saturated rings. The average Bonchev–Trinajstić information content (AvgIpc) is 3.09. The molecular weight excluding hydrogens is 372 g/mol. The molecule has 0 radical (unpaired) electrons. The van der Waals surface area contributed by atoms with Crippen LogP contribution in [0, 0.1) is 5.92 Å². The van der Waals surface area contributed by atoms with Gasteiger partial charge in [-0.1, -0.05) is 42.5 Å². The number of hydrogen-bond acceptors (Lipinski definition) is 4. The summed E-state index contributed by atoms with van der Waals surface area (Å²) >= 11 is 0. The highest BCUT2D eigenvalue weighted by molar-refractivity contribution is 5.89. The van der Waals surface area contributed by atoms with Crippen LogP contribution in [0.15, 0.2) is 54.6 Å². The molecule has 0 spiro atoms. The third-order valence-corrected chi connectivity index (χ3v) is 5.01. The van der Waals surface area contributed by atoms with Crippen LogP contribution in [0.1, 0.15) is 30.0 Å². The van der Waals surface area contributed by atoms with Crippen LogP contribution in [-0.2, 0) is 20.9 Å². The molecule has 0 aliphatic carbocycles. The predicted octanol–water partition coefficient (Wildman–Crippen LogP) is 2.38. The fourth-order valence-electron chi connectivity index (χ4n) is 3.45. The lowest BCUT2D eigenvalue weighted by Crippen LogP contribution is -2.36. The molecule has 29 heavy (non-hydrogen) atoms. The number of methoxy groups -OCH3 is 1. The number of carboxylic acids is 1. The minimum Gasteiger partial charge on any atom is -0.497 e. The van der Waals surface area contributed by atoms with Crippen molar-refractivity contribution < 1.29 is 24.2 Å². The molecule has 0 bridgehead atoms. The Morgan fingerprint density at radius 1 is 1.17 bits per heavy atom. The Morgan fingerprint density at radius 2 is 1.86 bits per heavy atom. The summed E-state index contributed by atoms with van der Waals surface area (Å²) in [6.45, 7) is 0.731. The van der Waals surface area contributed by atoms with E-state index in [2.05, 4.69) is 5.32 Å². The molecule has 0 saturated carbocycles. The number of amides is 2. The minimum atomic E-state index is -0.997. The number of benzene rings is 2. The Balaban J connectivity index is 1.63. The minimum absolute atomic E-state index is 0.0875. The van der Waals surface area contributed by atoms with E-state index in [1.54, 1.807) is 36.3 Å². The van der Waals surface area contributed by atoms with Gasteiger partial charge in [0.15, 0.2) is 0 Å². The van der Waals surface area contributed by atoms with E-state index in [9.17, 15) is 19.5 Å². The van der Waals surface area contributed by atoms with Gasteiger partial charge in [0.05, 0.1) is 25.5 Å². The van der Waals surface area contributed by atoms with Gasteiger partial charge in [-0.25, -0.2) is 0 Å². The van der Waals surface area contributed by atoms with Crippen molar-refractivity contribution in [1.29, 1.82) is 0 Å². The summed E-state index contributed by atoms with van der Waals surface area (Å²) in [5.41, 5.74) is 1.68. The smallest absolute Gasteiger partial charge is 0.305 e. The lowest BCUT2D eigenvalue weighted by molar-refractivity contribution is -0.138. The molecule has 0 unspecified atom stereocenters. The molecule has 3 rings (SSSR count). The maximum Gasteiger partial charge on any atom is 0.305 e. The quantitative estimate of drug-likeness (QED) is 0.714. The zero-order chi connectivity index (χ0) is 20.8. The Kier molecular flexibility index (Phi) is 6.49. The monoisotopic (exact) mass is 396 g/mol. The largest absolute Gasteiger partial charge is 0.497 e. The lowest BCUT2D eigenvalue weighted by Gasteiger charge is -2.20. The fraction of sp³-hybridized carbons (Fsp3) is 0.318. The van der Waals surface area contributed by atoms with E-state index in [4.69, 9.17) is 4.74 Å². The van der Waals surface area contributed by atoms with Crippen LogP contribution in [0.5, 0.6) is 5.75 Å². The third-order valence-electron chi connectivity index (χ3n) is 5.01. The van der Waals surface area contributed by atoms with E-state index in [1.807, 2.05) is 30.3 Å². The van der Waals surface area contributed by atoms with E-state index >= 15 is 0 Å². The molecule has 0 aromatic heterocycles. The van der Waals surface area contributed by atoms with Crippen LogP contribution in [0.25, 0.3) is 0 Å². The molecule has 2 atom stereocenters. The lowest BCUT2D eigenvalue weighted by atomic mass is 10.0. The summed E-state index contributed by atoms with van der Waals surface area (Å²) < 4.78 is 5.13. The second-order valence-corrected chi connectivity index (χ2v) is 7.09. The highest BCUT2D eigenvalue weighted by Gasteiger charge is 2.35. The highest BCUT2D eigenvalue weighted by Crippen LogP contribution is 2.24. The topological polar surface area (TPSA) is 95.9 Å². The predicted molar refractivity (Wildman–Crippen MR) is 106 cm³/mol. The third kappa shape index (κ3) is 5.34. The number of carbonyl (C=O) groups excluding carboxylic acids is 2. The van der Waals surface area contributed by atoms with E-state index in [0.29, 0.717) is 13.1 Å². The summed E-state index contributed by atoms with van der Waals surface area (Å²) in [5.74, 6) is -1.14. The molecule has 2 N–H and O–H groups in total. The van der Waals surface area contributed by atoms with Gasteiger partial charge in [-0.05, 0) is 23.3 Å². The number of hydrogen-bond donors (Lipinski definition) is 2. The zero-order valence-corrected chi connectivity index (χ0v) is 16.2. The standard InChI is InChI=1S/C22H24N2O5/c1-29-18-9-7-15(8-10-18)13-24-14-17(11-20(24)25)22(28)23-19(12-21(26)27)16-5-3-2-4-6-16/h2-10,17,19H,11-14H2,1H3,(H,23,28)(H,26,27)/t17-,19-/m0/s1. The van der Waals surface area contributed by atoms with Gasteiger partial charge in [0.25, 0.3) is 0 Å². The van der Waals surface area contributed by atoms with Crippen molar-refractivity contribution in [2.45, 2.75) is 25.4 Å². The van der Waals surface area contributed by atoms with E-state index < -0.39 is 17.9 Å². The fourth-order valence-corrected chi connectivity index (χ4v) is 3.45. The van der Waals surface area contributed by atoms with Crippen LogP contribution in [0.3, 0.4) is 0 Å². The zero-order valence-electron chi connectivity index (χ0n) is 16.2. The molecular formula is C22H24N2O5. The van der Waals surface area contributed by atoms with Crippen molar-refractivity contribution in [2.24, 2.45) is 5.92 Å². The van der Waals surface area contributed by atoms with Crippen molar-refractivity contribution in [3.63, 3.8) is 0 Å². The Morgan fingerprint density at radius 3 is 2.48 bits per heavy atom. The summed E-state index contributed by atoms with van der Waals surface area (Å²) in [4.78, 5) is 38.0. The first-order valence-electron chi connectivity index (χ1n) is 9.44. The van der Waals surface area contributed by atoms with Crippen LogP contribution >= 0.6 is 0 Å². The van der Waals surface area contributed by atoms with Crippen molar-refractivity contribution in [2.75, 3.05) is 13.7 Å². The molecule has 152 valence electrons. The normalized spacial score (nSPS) is 17.1. The summed E-state index contributed by atoms with van der Waals surface area (Å²) in [5, 5.41) is 12.0. The van der Waals surface area contributed by atoms with Gasteiger partial charge in [0.1, 0.15) is 5.75 Å². The van der Waals surface area contributed by atoms with Crippen LogP contribution < -0.4 is 10.1 Å². The Hall–Kier alpha value is -3.35. The molecule has 1 aliphatic heterocycles. The van der Waals surface area contributed by atoms with E-state index in [-0.39, 0.29) is 24.7 Å². The van der Waals surface area contributed by atoms with Gasteiger partial charge in [-0.15, -0.1) is 0 Å². The van der Waals surface area contributed by atoms with Gasteiger partial charge >= 0.3 is 5.97 Å². The molecule has 2 amide bonds. The molecule has 1 saturated heterocycles. The number of nitrogens with one attached hydrogen (secondary N) is 1. The Bertz CT molecular complexity index is 867. The second kappa shape index (κ2) is 9.23. The maximum absolute atomic E-state index is 12.7. The molecule has 1 heterocycles. The summed E-state index contributed by atoms with van der Waals surface area (Å²) in [6.07, 6.45) is -0.0947. The number of nitrogens with zero attached hydrogens (tertiary/aromatic N) is 1.